The number of unbranched alkanes of at least 4 members (excludes halogenated alkanes) is 37. The predicted molar refractivity (Wildman–Crippen MR) is 316 cm³/mol. The fraction of sp³-hybridized carbons (Fsp3) is 0.806. The van der Waals surface area contributed by atoms with E-state index in [-0.39, 0.29) is 37.5 Å². The van der Waals surface area contributed by atoms with Crippen molar-refractivity contribution in [2.24, 2.45) is 0 Å². The molecule has 0 bridgehead atoms. The highest BCUT2D eigenvalue weighted by Gasteiger charge is 2.19. The maximum atomic E-state index is 12.8. The molecule has 0 aromatic carbocycles. The van der Waals surface area contributed by atoms with Crippen LogP contribution in [-0.4, -0.2) is 37.2 Å². The van der Waals surface area contributed by atoms with Crippen molar-refractivity contribution < 1.29 is 28.6 Å². The van der Waals surface area contributed by atoms with E-state index in [0.717, 1.165) is 77.0 Å². The third-order valence-corrected chi connectivity index (χ3v) is 14.0. The minimum Gasteiger partial charge on any atom is -0.462 e. The zero-order valence-corrected chi connectivity index (χ0v) is 48.7. The highest BCUT2D eigenvalue weighted by atomic mass is 16.6. The molecular formula is C67H120O6. The molecule has 0 saturated heterocycles. The van der Waals surface area contributed by atoms with Gasteiger partial charge in [0.2, 0.25) is 0 Å². The van der Waals surface area contributed by atoms with Crippen LogP contribution in [0.5, 0.6) is 0 Å². The van der Waals surface area contributed by atoms with Gasteiger partial charge in [-0.25, -0.2) is 0 Å². The van der Waals surface area contributed by atoms with Gasteiger partial charge in [0, 0.05) is 19.3 Å². The van der Waals surface area contributed by atoms with Crippen LogP contribution < -0.4 is 0 Å². The average Bonchev–Trinajstić information content (AvgIpc) is 3.39. The van der Waals surface area contributed by atoms with Crippen LogP contribution in [0.3, 0.4) is 0 Å². The van der Waals surface area contributed by atoms with E-state index in [0.29, 0.717) is 19.3 Å². The summed E-state index contributed by atoms with van der Waals surface area (Å²) in [6.45, 7) is 6.50. The molecule has 6 heteroatoms. The summed E-state index contributed by atoms with van der Waals surface area (Å²) in [4.78, 5) is 38.1. The van der Waals surface area contributed by atoms with Crippen molar-refractivity contribution in [1.82, 2.24) is 0 Å². The lowest BCUT2D eigenvalue weighted by Crippen LogP contribution is -2.30. The Balaban J connectivity index is 4.08. The molecular weight excluding hydrogens is 901 g/mol. The van der Waals surface area contributed by atoms with Gasteiger partial charge in [-0.15, -0.1) is 0 Å². The lowest BCUT2D eigenvalue weighted by atomic mass is 10.0. The fourth-order valence-corrected chi connectivity index (χ4v) is 9.25. The molecule has 0 N–H and O–H groups in total. The molecule has 73 heavy (non-hydrogen) atoms. The Morgan fingerprint density at radius 1 is 0.288 bits per heavy atom. The van der Waals surface area contributed by atoms with Crippen molar-refractivity contribution in [2.45, 2.75) is 335 Å². The van der Waals surface area contributed by atoms with E-state index in [1.165, 1.54) is 205 Å². The number of carbonyl (C=O) groups is 3. The van der Waals surface area contributed by atoms with Crippen LogP contribution in [0.15, 0.2) is 60.8 Å². The lowest BCUT2D eigenvalue weighted by molar-refractivity contribution is -0.167. The molecule has 1 unspecified atom stereocenters. The molecule has 0 amide bonds. The summed E-state index contributed by atoms with van der Waals surface area (Å²) in [5.74, 6) is -0.919. The number of hydrogen-bond acceptors (Lipinski definition) is 6. The molecule has 0 heterocycles. The van der Waals surface area contributed by atoms with Crippen LogP contribution in [0.25, 0.3) is 0 Å². The summed E-state index contributed by atoms with van der Waals surface area (Å²) in [6, 6.07) is 0. The number of esters is 3. The molecule has 0 aromatic heterocycles. The van der Waals surface area contributed by atoms with E-state index in [1.807, 2.05) is 0 Å². The van der Waals surface area contributed by atoms with E-state index in [9.17, 15) is 14.4 Å². The van der Waals surface area contributed by atoms with Gasteiger partial charge in [0.1, 0.15) is 13.2 Å². The van der Waals surface area contributed by atoms with Gasteiger partial charge in [0.05, 0.1) is 0 Å². The van der Waals surface area contributed by atoms with Crippen molar-refractivity contribution in [3.05, 3.63) is 60.8 Å². The molecule has 0 spiro atoms. The Bertz CT molecular complexity index is 1310. The molecule has 0 fully saturated rings. The first-order valence-corrected chi connectivity index (χ1v) is 31.8. The smallest absolute Gasteiger partial charge is 0.306 e. The zero-order valence-electron chi connectivity index (χ0n) is 48.7. The Labute approximate surface area is 453 Å². The fourth-order valence-electron chi connectivity index (χ4n) is 9.25. The molecule has 0 aliphatic rings. The van der Waals surface area contributed by atoms with E-state index in [4.69, 9.17) is 14.2 Å². The zero-order chi connectivity index (χ0) is 52.9. The first-order chi connectivity index (χ1) is 36.0. The molecule has 0 radical (unpaired) electrons. The Hall–Kier alpha value is -2.89. The standard InChI is InChI=1S/C67H120O6/c1-4-7-10-13-16-19-21-23-25-26-27-28-29-30-31-32-33-34-35-36-37-38-39-40-42-43-45-48-51-54-57-60-66(69)72-63-64(62-71-65(68)59-56-53-50-47-18-15-12-9-6-3)73-67(70)61-58-55-52-49-46-44-41-24-22-20-17-14-11-8-5-2/h8,11,17,20,24,26-27,41,46,49,64H,4-7,9-10,12-16,18-19,21-23,25,28-40,42-45,47-48,50-63H2,1-3H3/b11-8-,20-17-,27-26-,41-24-,49-46-. The SMILES string of the molecule is CC/C=C\C/C=C\C/C=C\C/C=C\CCCCC(=O)OC(COC(=O)CCCCCCCCCCC)COC(=O)CCCCCCCCCCCCCCCCCCCCC/C=C\CCCCCCCCCC. The normalized spacial score (nSPS) is 12.4. The first kappa shape index (κ1) is 70.1. The number of ether oxygens (including phenoxy) is 3. The van der Waals surface area contributed by atoms with Crippen molar-refractivity contribution in [1.29, 1.82) is 0 Å². The van der Waals surface area contributed by atoms with Crippen LogP contribution in [0.1, 0.15) is 329 Å². The van der Waals surface area contributed by atoms with E-state index >= 15 is 0 Å². The van der Waals surface area contributed by atoms with Crippen LogP contribution >= 0.6 is 0 Å². The second kappa shape index (κ2) is 61.7. The third-order valence-electron chi connectivity index (χ3n) is 14.0. The summed E-state index contributed by atoms with van der Waals surface area (Å²) >= 11 is 0. The van der Waals surface area contributed by atoms with Gasteiger partial charge in [0.15, 0.2) is 6.10 Å². The second-order valence-electron chi connectivity index (χ2n) is 21.3. The molecule has 0 aromatic rings. The molecule has 0 aliphatic heterocycles. The summed E-state index contributed by atoms with van der Waals surface area (Å²) in [7, 11) is 0. The predicted octanol–water partition coefficient (Wildman–Crippen LogP) is 21.6. The quantitative estimate of drug-likeness (QED) is 0.0261. The highest BCUT2D eigenvalue weighted by molar-refractivity contribution is 5.71. The Morgan fingerprint density at radius 2 is 0.534 bits per heavy atom. The number of hydrogen-bond donors (Lipinski definition) is 0. The van der Waals surface area contributed by atoms with Crippen LogP contribution in [-0.2, 0) is 28.6 Å². The summed E-state index contributed by atoms with van der Waals surface area (Å²) in [6.07, 6.45) is 78.4. The third kappa shape index (κ3) is 59.9. The highest BCUT2D eigenvalue weighted by Crippen LogP contribution is 2.17. The summed E-state index contributed by atoms with van der Waals surface area (Å²) in [5.41, 5.74) is 0. The monoisotopic (exact) mass is 1020 g/mol. The van der Waals surface area contributed by atoms with Gasteiger partial charge in [0.25, 0.3) is 0 Å². The van der Waals surface area contributed by atoms with Crippen molar-refractivity contribution in [2.75, 3.05) is 13.2 Å². The summed E-state index contributed by atoms with van der Waals surface area (Å²) < 4.78 is 16.8. The van der Waals surface area contributed by atoms with E-state index in [2.05, 4.69) is 81.5 Å². The lowest BCUT2D eigenvalue weighted by Gasteiger charge is -2.18. The van der Waals surface area contributed by atoms with Gasteiger partial charge in [-0.05, 0) is 83.5 Å². The van der Waals surface area contributed by atoms with Crippen molar-refractivity contribution in [3.8, 4) is 0 Å². The second-order valence-corrected chi connectivity index (χ2v) is 21.3. The van der Waals surface area contributed by atoms with Crippen molar-refractivity contribution in [3.63, 3.8) is 0 Å². The molecule has 0 rings (SSSR count). The number of carbonyl (C=O) groups excluding carboxylic acids is 3. The molecule has 0 aliphatic carbocycles. The Morgan fingerprint density at radius 3 is 0.877 bits per heavy atom. The van der Waals surface area contributed by atoms with Gasteiger partial charge < -0.3 is 14.2 Å². The topological polar surface area (TPSA) is 78.9 Å². The molecule has 0 saturated carbocycles. The molecule has 1 atom stereocenters. The van der Waals surface area contributed by atoms with Gasteiger partial charge in [-0.3, -0.25) is 14.4 Å². The van der Waals surface area contributed by atoms with E-state index < -0.39 is 6.10 Å². The summed E-state index contributed by atoms with van der Waals surface area (Å²) in [5, 5.41) is 0. The van der Waals surface area contributed by atoms with Crippen LogP contribution in [0.2, 0.25) is 0 Å². The number of rotatable bonds is 58. The maximum Gasteiger partial charge on any atom is 0.306 e. The maximum absolute atomic E-state index is 12.8. The average molecular weight is 1020 g/mol. The first-order valence-electron chi connectivity index (χ1n) is 31.8. The number of allylic oxidation sites excluding steroid dienone is 10. The van der Waals surface area contributed by atoms with E-state index in [1.54, 1.807) is 0 Å². The molecule has 424 valence electrons. The molecule has 6 nitrogen and oxygen atoms in total. The van der Waals surface area contributed by atoms with Crippen molar-refractivity contribution >= 4 is 17.9 Å². The van der Waals surface area contributed by atoms with Gasteiger partial charge >= 0.3 is 17.9 Å². The minimum atomic E-state index is -0.792. The van der Waals surface area contributed by atoms with Crippen LogP contribution in [0.4, 0.5) is 0 Å². The minimum absolute atomic E-state index is 0.0874. The van der Waals surface area contributed by atoms with Gasteiger partial charge in [-0.1, -0.05) is 287 Å². The Kier molecular flexibility index (Phi) is 59.2. The van der Waals surface area contributed by atoms with Crippen LogP contribution in [0, 0.1) is 0 Å². The largest absolute Gasteiger partial charge is 0.462 e. The van der Waals surface area contributed by atoms with Gasteiger partial charge in [-0.2, -0.15) is 0 Å².